The van der Waals surface area contributed by atoms with Crippen LogP contribution in [0.4, 0.5) is 0 Å². The van der Waals surface area contributed by atoms with Crippen LogP contribution in [0.2, 0.25) is 0 Å². The van der Waals surface area contributed by atoms with Gasteiger partial charge in [-0.05, 0) is 18.8 Å². The van der Waals surface area contributed by atoms with E-state index in [4.69, 9.17) is 4.74 Å². The third-order valence-corrected chi connectivity index (χ3v) is 1.86. The van der Waals surface area contributed by atoms with Gasteiger partial charge in [0.1, 0.15) is 0 Å². The van der Waals surface area contributed by atoms with Gasteiger partial charge >= 0.3 is 0 Å². The van der Waals surface area contributed by atoms with Crippen molar-refractivity contribution in [3.05, 3.63) is 0 Å². The third-order valence-electron chi connectivity index (χ3n) is 1.86. The zero-order valence-corrected chi connectivity index (χ0v) is 11.6. The Morgan fingerprint density at radius 1 is 1.25 bits per heavy atom. The third kappa shape index (κ3) is 15.9. The molecule has 98 valence electrons. The van der Waals surface area contributed by atoms with E-state index in [2.05, 4.69) is 19.2 Å². The summed E-state index contributed by atoms with van der Waals surface area (Å²) in [6.45, 7) is 12.8. The van der Waals surface area contributed by atoms with Crippen molar-refractivity contribution in [1.29, 1.82) is 0 Å². The van der Waals surface area contributed by atoms with Crippen molar-refractivity contribution in [3.63, 3.8) is 0 Å². The summed E-state index contributed by atoms with van der Waals surface area (Å²) in [6, 6.07) is 0. The molecule has 16 heavy (non-hydrogen) atoms. The van der Waals surface area contributed by atoms with Crippen LogP contribution in [-0.2, 0) is 9.53 Å². The lowest BCUT2D eigenvalue weighted by molar-refractivity contribution is -0.120. The molecule has 1 heterocycles. The monoisotopic (exact) mass is 231 g/mol. The molecule has 0 spiro atoms. The average molecular weight is 231 g/mol. The first-order valence-corrected chi connectivity index (χ1v) is 6.51. The van der Waals surface area contributed by atoms with Gasteiger partial charge in [0, 0.05) is 26.2 Å². The van der Waals surface area contributed by atoms with Gasteiger partial charge in [0.25, 0.3) is 0 Å². The summed E-state index contributed by atoms with van der Waals surface area (Å²) in [7, 11) is 0. The van der Waals surface area contributed by atoms with Gasteiger partial charge < -0.3 is 10.1 Å². The van der Waals surface area contributed by atoms with Crippen molar-refractivity contribution in [2.45, 2.75) is 53.9 Å². The van der Waals surface area contributed by atoms with Gasteiger partial charge in [0.15, 0.2) is 0 Å². The predicted octanol–water partition coefficient (Wildman–Crippen LogP) is 2.99. The van der Waals surface area contributed by atoms with Crippen LogP contribution in [0.5, 0.6) is 0 Å². The van der Waals surface area contributed by atoms with Crippen LogP contribution in [0, 0.1) is 5.92 Å². The molecule has 3 heteroatoms. The molecule has 0 aliphatic carbocycles. The highest BCUT2D eigenvalue weighted by atomic mass is 16.5. The van der Waals surface area contributed by atoms with Crippen molar-refractivity contribution in [2.75, 3.05) is 19.8 Å². The maximum absolute atomic E-state index is 10.6. The minimum absolute atomic E-state index is 0.142. The van der Waals surface area contributed by atoms with E-state index >= 15 is 0 Å². The second kappa shape index (κ2) is 14.4. The lowest BCUT2D eigenvalue weighted by Gasteiger charge is -2.04. The Morgan fingerprint density at radius 2 is 1.75 bits per heavy atom. The summed E-state index contributed by atoms with van der Waals surface area (Å²) in [4.78, 5) is 10.6. The fraction of sp³-hybridized carbons (Fsp3) is 0.923. The maximum Gasteiger partial charge on any atom is 0.219 e. The normalized spacial score (nSPS) is 13.4. The highest BCUT2D eigenvalue weighted by Gasteiger charge is 1.96. The number of amides is 1. The number of hydrogen-bond donors (Lipinski definition) is 1. The van der Waals surface area contributed by atoms with E-state index in [1.165, 1.54) is 12.8 Å². The quantitative estimate of drug-likeness (QED) is 0.811. The van der Waals surface area contributed by atoms with Crippen LogP contribution < -0.4 is 5.32 Å². The van der Waals surface area contributed by atoms with Gasteiger partial charge in [-0.15, -0.1) is 0 Å². The highest BCUT2D eigenvalue weighted by molar-refractivity contribution is 5.75. The minimum Gasteiger partial charge on any atom is -0.381 e. The van der Waals surface area contributed by atoms with Gasteiger partial charge in [-0.2, -0.15) is 0 Å². The van der Waals surface area contributed by atoms with Crippen LogP contribution in [-0.4, -0.2) is 25.7 Å². The summed E-state index contributed by atoms with van der Waals surface area (Å²) in [6.07, 6.45) is 3.15. The highest BCUT2D eigenvalue weighted by Crippen LogP contribution is 1.98. The average Bonchev–Trinajstić information content (AvgIpc) is 2.87. The van der Waals surface area contributed by atoms with Gasteiger partial charge in [-0.1, -0.05) is 34.6 Å². The van der Waals surface area contributed by atoms with Crippen molar-refractivity contribution in [2.24, 2.45) is 5.92 Å². The van der Waals surface area contributed by atoms with Gasteiger partial charge in [-0.3, -0.25) is 4.79 Å². The Labute approximate surface area is 101 Å². The summed E-state index contributed by atoms with van der Waals surface area (Å²) in [5.41, 5.74) is 0. The molecular formula is C13H29NO2. The van der Waals surface area contributed by atoms with Crippen LogP contribution in [0.3, 0.4) is 0 Å². The van der Waals surface area contributed by atoms with Crippen molar-refractivity contribution >= 4 is 5.91 Å². The van der Waals surface area contributed by atoms with Gasteiger partial charge in [0.05, 0.1) is 0 Å². The van der Waals surface area contributed by atoms with E-state index in [1.807, 2.05) is 20.8 Å². The Morgan fingerprint density at radius 3 is 2.00 bits per heavy atom. The molecule has 1 amide bonds. The lowest BCUT2D eigenvalue weighted by atomic mass is 10.2. The molecule has 1 N–H and O–H groups in total. The summed E-state index contributed by atoms with van der Waals surface area (Å²) < 4.78 is 4.94. The molecule has 1 aliphatic heterocycles. The number of hydrogen-bond acceptors (Lipinski definition) is 2. The maximum atomic E-state index is 10.6. The van der Waals surface area contributed by atoms with E-state index < -0.39 is 0 Å². The Bertz CT molecular complexity index is 135. The molecule has 1 saturated heterocycles. The molecule has 1 aliphatic rings. The topological polar surface area (TPSA) is 38.3 Å². The molecule has 3 nitrogen and oxygen atoms in total. The Balaban J connectivity index is 0. The second-order valence-electron chi connectivity index (χ2n) is 3.87. The smallest absolute Gasteiger partial charge is 0.219 e. The molecule has 1 fully saturated rings. The number of ether oxygens (including phenoxy) is 1. The second-order valence-corrected chi connectivity index (χ2v) is 3.87. The number of carbonyl (C=O) groups excluding carboxylic acids is 1. The number of nitrogens with one attached hydrogen (secondary N) is 1. The summed E-state index contributed by atoms with van der Waals surface area (Å²) in [5.74, 6) is 0.698. The lowest BCUT2D eigenvalue weighted by Crippen LogP contribution is -2.26. The molecule has 0 saturated carbocycles. The van der Waals surface area contributed by atoms with Gasteiger partial charge in [-0.25, -0.2) is 0 Å². The van der Waals surface area contributed by atoms with E-state index in [9.17, 15) is 4.79 Å². The van der Waals surface area contributed by atoms with Crippen molar-refractivity contribution in [3.8, 4) is 0 Å². The number of carbonyl (C=O) groups is 1. The fourth-order valence-corrected chi connectivity index (χ4v) is 0.953. The van der Waals surface area contributed by atoms with Crippen LogP contribution >= 0.6 is 0 Å². The molecule has 0 aromatic carbocycles. The molecule has 0 aromatic heterocycles. The minimum atomic E-state index is 0.142. The molecule has 0 unspecified atom stereocenters. The molecular weight excluding hydrogens is 202 g/mol. The van der Waals surface area contributed by atoms with E-state index in [-0.39, 0.29) is 5.91 Å². The first-order valence-electron chi connectivity index (χ1n) is 6.51. The van der Waals surface area contributed by atoms with Crippen molar-refractivity contribution in [1.82, 2.24) is 5.32 Å². The zero-order chi connectivity index (χ0) is 12.8. The van der Waals surface area contributed by atoms with E-state index in [0.717, 1.165) is 19.8 Å². The zero-order valence-electron chi connectivity index (χ0n) is 11.6. The van der Waals surface area contributed by atoms with E-state index in [0.29, 0.717) is 12.3 Å². The van der Waals surface area contributed by atoms with Crippen molar-refractivity contribution < 1.29 is 9.53 Å². The summed E-state index contributed by atoms with van der Waals surface area (Å²) >= 11 is 0. The summed E-state index contributed by atoms with van der Waals surface area (Å²) in [5, 5.41) is 2.79. The molecule has 0 atom stereocenters. The molecule has 0 bridgehead atoms. The van der Waals surface area contributed by atoms with E-state index in [1.54, 1.807) is 0 Å². The Hall–Kier alpha value is -0.570. The molecule has 0 aromatic rings. The van der Waals surface area contributed by atoms with Crippen LogP contribution in [0.25, 0.3) is 0 Å². The molecule has 0 radical (unpaired) electrons. The van der Waals surface area contributed by atoms with Gasteiger partial charge in [0.2, 0.25) is 5.91 Å². The Kier molecular flexibility index (Phi) is 16.1. The van der Waals surface area contributed by atoms with Crippen LogP contribution in [0.15, 0.2) is 0 Å². The standard InChI is InChI=1S/C7H15NO.C4H8O.C2H6/c1-4-7(9)8-5-6(2)3;1-2-4-5-3-1;1-2/h6H,4-5H2,1-3H3,(H,8,9);1-4H2;1-2H3. The number of rotatable bonds is 3. The first-order chi connectivity index (χ1) is 7.66. The molecule has 1 rings (SSSR count). The SMILES string of the molecule is C1CCOC1.CC.CCC(=O)NCC(C)C. The predicted molar refractivity (Wildman–Crippen MR) is 69.5 cm³/mol. The fourth-order valence-electron chi connectivity index (χ4n) is 0.953. The van der Waals surface area contributed by atoms with Crippen LogP contribution in [0.1, 0.15) is 53.9 Å². The largest absolute Gasteiger partial charge is 0.381 e. The first kappa shape index (κ1) is 17.8.